The van der Waals surface area contributed by atoms with Gasteiger partial charge in [-0.25, -0.2) is 14.1 Å². The zero-order chi connectivity index (χ0) is 27.1. The number of anilines is 1. The molecule has 30 heavy (non-hydrogen) atoms. The number of hydrogen-bond acceptors (Lipinski definition) is 6. The molecule has 150 valence electrons. The summed E-state index contributed by atoms with van der Waals surface area (Å²) in [5, 5.41) is 26.5. The molecule has 0 saturated carbocycles. The van der Waals surface area contributed by atoms with Crippen molar-refractivity contribution in [2.24, 2.45) is 0 Å². The summed E-state index contributed by atoms with van der Waals surface area (Å²) in [5.41, 5.74) is 0.240. The fourth-order valence-electron chi connectivity index (χ4n) is 3.35. The van der Waals surface area contributed by atoms with E-state index >= 15 is 0 Å². The summed E-state index contributed by atoms with van der Waals surface area (Å²) in [6.45, 7) is -6.46. The Labute approximate surface area is 181 Å². The number of nitrogens with zero attached hydrogens (tertiary/aromatic N) is 5. The third kappa shape index (κ3) is 2.89. The smallest absolute Gasteiger partial charge is 0.255 e. The van der Waals surface area contributed by atoms with Crippen molar-refractivity contribution in [3.8, 4) is 23.0 Å². The van der Waals surface area contributed by atoms with Gasteiger partial charge in [0.1, 0.15) is 5.82 Å². The molecule has 0 unspecified atom stereocenters. The van der Waals surface area contributed by atoms with Gasteiger partial charge in [0.15, 0.2) is 5.82 Å². The van der Waals surface area contributed by atoms with Crippen molar-refractivity contribution in [2.75, 3.05) is 17.9 Å². The van der Waals surface area contributed by atoms with Gasteiger partial charge < -0.3 is 15.3 Å². The van der Waals surface area contributed by atoms with Crippen molar-refractivity contribution in [2.45, 2.75) is 19.0 Å². The van der Waals surface area contributed by atoms with Crippen LogP contribution in [0.15, 0.2) is 36.5 Å². The first kappa shape index (κ1) is 12.0. The van der Waals surface area contributed by atoms with E-state index in [4.69, 9.17) is 9.60 Å². The minimum absolute atomic E-state index is 0.00276. The lowest BCUT2D eigenvalue weighted by Gasteiger charge is -2.14. The maximum absolute atomic E-state index is 14.7. The normalized spacial score (nSPS) is 28.6. The number of nitriles is 1. The Bertz CT molecular complexity index is 1490. The predicted molar refractivity (Wildman–Crippen MR) is 105 cm³/mol. The van der Waals surface area contributed by atoms with Crippen LogP contribution in [0.1, 0.15) is 37.6 Å². The van der Waals surface area contributed by atoms with E-state index in [1.54, 1.807) is 0 Å². The quantitative estimate of drug-likeness (QED) is 0.680. The molecule has 2 N–H and O–H groups in total. The van der Waals surface area contributed by atoms with Crippen molar-refractivity contribution in [1.29, 1.82) is 5.26 Å². The number of carbonyl (C=O) groups excluding carboxylic acids is 1. The molecule has 1 aromatic carbocycles. The summed E-state index contributed by atoms with van der Waals surface area (Å²) in [4.78, 5) is 17.2. The van der Waals surface area contributed by atoms with Crippen molar-refractivity contribution in [3.05, 3.63) is 59.2 Å². The van der Waals surface area contributed by atoms with Gasteiger partial charge >= 0.3 is 0 Å². The number of halogens is 1. The van der Waals surface area contributed by atoms with E-state index in [-0.39, 0.29) is 45.2 Å². The van der Waals surface area contributed by atoms with Gasteiger partial charge in [-0.15, -0.1) is 0 Å². The van der Waals surface area contributed by atoms with Crippen LogP contribution in [0, 0.1) is 17.1 Å². The summed E-state index contributed by atoms with van der Waals surface area (Å²) in [6.07, 6.45) is -5.64. The Hall–Kier alpha value is -3.77. The Morgan fingerprint density at radius 3 is 3.03 bits per heavy atom. The molecule has 4 heterocycles. The molecule has 1 saturated heterocycles. The topological polar surface area (TPSA) is 107 Å². The van der Waals surface area contributed by atoms with Crippen molar-refractivity contribution >= 4 is 11.7 Å². The number of pyridine rings is 1. The number of aromatic nitrogens is 3. The number of amides is 1. The number of carbonyl (C=O) groups is 1. The number of aliphatic hydroxyl groups is 1. The lowest BCUT2D eigenvalue weighted by atomic mass is 10.0. The first-order chi connectivity index (χ1) is 17.2. The Morgan fingerprint density at radius 1 is 1.40 bits per heavy atom. The average Bonchev–Trinajstić information content (AvgIpc) is 3.46. The van der Waals surface area contributed by atoms with Crippen LogP contribution < -0.4 is 10.2 Å². The third-order valence-corrected chi connectivity index (χ3v) is 4.66. The summed E-state index contributed by atoms with van der Waals surface area (Å²) < 4.78 is 72.2. The minimum Gasteiger partial charge on any atom is -0.391 e. The second kappa shape index (κ2) is 6.93. The molecular formula is C21H17FN6O2. The third-order valence-electron chi connectivity index (χ3n) is 4.66. The lowest BCUT2D eigenvalue weighted by Crippen LogP contribution is -2.21. The van der Waals surface area contributed by atoms with Gasteiger partial charge in [-0.2, -0.15) is 10.4 Å². The molecule has 2 aromatic heterocycles. The second-order valence-corrected chi connectivity index (χ2v) is 6.46. The minimum atomic E-state index is -3.50. The fraction of sp³-hybridized carbons (Fsp3) is 0.238. The average molecular weight is 411 g/mol. The molecule has 1 fully saturated rings. The Morgan fingerprint density at radius 2 is 2.27 bits per heavy atom. The van der Waals surface area contributed by atoms with E-state index < -0.39 is 43.0 Å². The van der Waals surface area contributed by atoms with Crippen LogP contribution in [-0.2, 0) is 6.54 Å². The molecule has 0 bridgehead atoms. The number of fused-ring (bicyclic) bond motifs is 1. The van der Waals surface area contributed by atoms with E-state index in [2.05, 4.69) is 15.4 Å². The van der Waals surface area contributed by atoms with Crippen molar-refractivity contribution in [1.82, 2.24) is 20.1 Å². The predicted octanol–water partition coefficient (Wildman–Crippen LogP) is 1.76. The van der Waals surface area contributed by atoms with Crippen LogP contribution in [0.2, 0.25) is 0 Å². The zero-order valence-electron chi connectivity index (χ0n) is 22.1. The molecule has 2 aliphatic heterocycles. The number of nitrogens with one attached hydrogen (secondary N) is 1. The second-order valence-electron chi connectivity index (χ2n) is 6.46. The molecule has 1 amide bonds. The molecule has 5 rings (SSSR count). The van der Waals surface area contributed by atoms with Gasteiger partial charge in [-0.1, -0.05) is 6.07 Å². The van der Waals surface area contributed by atoms with E-state index in [0.717, 1.165) is 16.8 Å². The van der Waals surface area contributed by atoms with Crippen molar-refractivity contribution in [3.63, 3.8) is 0 Å². The highest BCUT2D eigenvalue weighted by molar-refractivity contribution is 6.01. The largest absolute Gasteiger partial charge is 0.391 e. The molecule has 0 spiro atoms. The Balaban J connectivity index is 1.69. The molecule has 0 aliphatic carbocycles. The maximum Gasteiger partial charge on any atom is 0.255 e. The lowest BCUT2D eigenvalue weighted by molar-refractivity contribution is 0.0965. The molecule has 9 heteroatoms. The maximum atomic E-state index is 14.7. The highest BCUT2D eigenvalue weighted by Gasteiger charge is 2.29. The monoisotopic (exact) mass is 411 g/mol. The number of benzene rings is 1. The van der Waals surface area contributed by atoms with E-state index in [1.807, 2.05) is 6.07 Å². The van der Waals surface area contributed by atoms with Gasteiger partial charge in [0.05, 0.1) is 56.6 Å². The first-order valence-corrected chi connectivity index (χ1v) is 8.76. The Kier molecular flexibility index (Phi) is 2.78. The van der Waals surface area contributed by atoms with E-state index in [9.17, 15) is 19.6 Å². The molecule has 2 aliphatic rings. The molecule has 1 atom stereocenters. The molecule has 0 radical (unpaired) electrons. The summed E-state index contributed by atoms with van der Waals surface area (Å²) in [5.74, 6) is -1.73. The number of β-amino-alcohol motifs (C(OH)–C–C–N with tert-alkyl or cyclic N) is 1. The number of hydrogen-bond donors (Lipinski definition) is 2. The molecule has 3 aromatic rings. The van der Waals surface area contributed by atoms with E-state index in [1.165, 1.54) is 24.4 Å². The van der Waals surface area contributed by atoms with Crippen LogP contribution in [0.25, 0.3) is 16.9 Å². The van der Waals surface area contributed by atoms with Gasteiger partial charge in [-0.3, -0.25) is 4.79 Å². The van der Waals surface area contributed by atoms with Gasteiger partial charge in [0.25, 0.3) is 5.91 Å². The highest BCUT2D eigenvalue weighted by Crippen LogP contribution is 2.31. The number of rotatable bonds is 3. The SMILES string of the molecule is [2H]C1([2H])N(c2ccn(-c3cc(-c4c(F)cccc4C#N)nc4c3C(=O)NC4)n2)C([2H])([2H])[C@@]([2H])(O)C1([2H])[2H]. The summed E-state index contributed by atoms with van der Waals surface area (Å²) in [7, 11) is 0. The first-order valence-electron chi connectivity index (χ1n) is 12.3. The van der Waals surface area contributed by atoms with E-state index in [0.29, 0.717) is 0 Å². The molecule has 8 nitrogen and oxygen atoms in total. The van der Waals surface area contributed by atoms with Gasteiger partial charge in [0.2, 0.25) is 0 Å². The highest BCUT2D eigenvalue weighted by atomic mass is 19.1. The van der Waals surface area contributed by atoms with Gasteiger partial charge in [0, 0.05) is 30.7 Å². The summed E-state index contributed by atoms with van der Waals surface area (Å²) >= 11 is 0. The van der Waals surface area contributed by atoms with Crippen LogP contribution in [-0.4, -0.2) is 44.9 Å². The standard InChI is InChI=1S/C21H17FN6O2/c22-14-3-1-2-12(9-23)19(14)15-8-17(20-16(25-15)10-24-21(20)30)28-7-5-18(26-28)27-6-4-13(29)11-27/h1-3,5,7-8,13,29H,4,6,10-11H2,(H,24,30)/t13-/m0/s1/i4D2,6D2,11D2,13D. The van der Waals surface area contributed by atoms with Crippen LogP contribution >= 0.6 is 0 Å². The molecular weight excluding hydrogens is 387 g/mol. The van der Waals surface area contributed by atoms with Crippen LogP contribution in [0.5, 0.6) is 0 Å². The summed E-state index contributed by atoms with van der Waals surface area (Å²) in [6, 6.07) is 8.22. The van der Waals surface area contributed by atoms with Gasteiger partial charge in [-0.05, 0) is 24.6 Å². The fourth-order valence-corrected chi connectivity index (χ4v) is 3.35. The van der Waals surface area contributed by atoms with Crippen LogP contribution in [0.4, 0.5) is 10.2 Å². The van der Waals surface area contributed by atoms with Crippen molar-refractivity contribution < 1.29 is 23.9 Å². The zero-order valence-corrected chi connectivity index (χ0v) is 15.1. The van der Waals surface area contributed by atoms with Crippen LogP contribution in [0.3, 0.4) is 0 Å².